The van der Waals surface area contributed by atoms with E-state index in [9.17, 15) is 0 Å². The molecule has 0 fully saturated rings. The van der Waals surface area contributed by atoms with E-state index in [4.69, 9.17) is 103 Å². The fourth-order valence-corrected chi connectivity index (χ4v) is 22.5. The summed E-state index contributed by atoms with van der Waals surface area (Å²) in [4.78, 5) is 0. The Morgan fingerprint density at radius 2 is 0.392 bits per heavy atom. The number of hydrazone groups is 3. The van der Waals surface area contributed by atoms with Crippen molar-refractivity contribution in [1.29, 1.82) is 0 Å². The highest BCUT2D eigenvalue weighted by molar-refractivity contribution is 8.10. The highest BCUT2D eigenvalue weighted by atomic mass is 32.5. The Kier molecular flexibility index (Phi) is 28.9. The van der Waals surface area contributed by atoms with E-state index in [0.717, 1.165) is 77.0 Å². The van der Waals surface area contributed by atoms with Gasteiger partial charge in [0.15, 0.2) is 0 Å². The molecule has 0 heterocycles. The Morgan fingerprint density at radius 1 is 0.240 bits per heavy atom. The molecule has 6 aliphatic carbocycles. The van der Waals surface area contributed by atoms with E-state index in [0.29, 0.717) is 68.4 Å². The maximum atomic E-state index is 6.74. The highest BCUT2D eigenvalue weighted by Gasteiger charge is 2.34. The van der Waals surface area contributed by atoms with Crippen LogP contribution in [0.1, 0.15) is 130 Å². The summed E-state index contributed by atoms with van der Waals surface area (Å²) in [6.45, 7) is -1.08. The van der Waals surface area contributed by atoms with Gasteiger partial charge in [-0.05, 0) is 314 Å². The van der Waals surface area contributed by atoms with Crippen LogP contribution in [-0.2, 0) is 85.8 Å². The van der Waals surface area contributed by atoms with E-state index in [1.54, 1.807) is 90.5 Å². The average Bonchev–Trinajstić information content (AvgIpc) is 1.81. The van der Waals surface area contributed by atoms with Crippen molar-refractivity contribution in [3.05, 3.63) is 408 Å². The van der Waals surface area contributed by atoms with Crippen LogP contribution in [0.25, 0.3) is 0 Å². The molecule has 9 aromatic carbocycles. The summed E-state index contributed by atoms with van der Waals surface area (Å²) in [6, 6.07) is 70.2. The molecule has 0 bridgehead atoms. The second-order valence-electron chi connectivity index (χ2n) is 31.9. The van der Waals surface area contributed by atoms with Gasteiger partial charge in [-0.25, -0.2) is 14.3 Å². The van der Waals surface area contributed by atoms with Crippen molar-refractivity contribution in [3.63, 3.8) is 0 Å². The third-order valence-corrected chi connectivity index (χ3v) is 33.1. The molecule has 6 aliphatic rings. The third kappa shape index (κ3) is 24.0. The summed E-state index contributed by atoms with van der Waals surface area (Å²) < 4.78 is 65.3. The number of nitrogens with zero attached hydrogens (tertiary/aromatic N) is 6. The van der Waals surface area contributed by atoms with Crippen LogP contribution >= 0.6 is 26.6 Å². The summed E-state index contributed by atoms with van der Waals surface area (Å²) in [7, 11) is 5.32. The Labute approximate surface area is 756 Å². The summed E-state index contributed by atoms with van der Waals surface area (Å²) >= 11 is 25.6. The number of benzene rings is 9. The number of hydrogen-bond acceptors (Lipinski definition) is 16. The van der Waals surface area contributed by atoms with Gasteiger partial charge < -0.3 is 40.7 Å². The number of hydrogen-bond donors (Lipinski definition) is 0. The van der Waals surface area contributed by atoms with Crippen LogP contribution in [0.5, 0.6) is 51.7 Å². The van der Waals surface area contributed by atoms with Crippen molar-refractivity contribution >= 4 is 92.5 Å². The predicted octanol–water partition coefficient (Wildman–Crippen LogP) is 27.3. The molecular formula is C102H102N6O9P4S4. The lowest BCUT2D eigenvalue weighted by atomic mass is 10.0. The third-order valence-electron chi connectivity index (χ3n) is 22.6. The largest absolute Gasteiger partial charge is 0.490 e. The zero-order chi connectivity index (χ0) is 87.1. The number of allylic oxidation sites excluding steroid dienone is 24. The molecular weight excluding hydrogens is 1710 g/mol. The Morgan fingerprint density at radius 3 is 0.544 bits per heavy atom. The summed E-state index contributed by atoms with van der Waals surface area (Å²) in [5.41, 5.74) is 25.5. The summed E-state index contributed by atoms with van der Waals surface area (Å²) in [5.74, 6) is 4.54. The lowest BCUT2D eigenvalue weighted by Gasteiger charge is -2.29. The van der Waals surface area contributed by atoms with Crippen LogP contribution in [0.4, 0.5) is 0 Å². The first-order valence-corrected chi connectivity index (χ1v) is 52.2. The molecule has 0 atom stereocenters. The highest BCUT2D eigenvalue weighted by Crippen LogP contribution is 2.56. The minimum Gasteiger partial charge on any atom is -0.420 e. The molecule has 0 N–H and O–H groups in total. The van der Waals surface area contributed by atoms with Crippen LogP contribution in [0.15, 0.2) is 373 Å². The van der Waals surface area contributed by atoms with Crippen molar-refractivity contribution in [2.24, 2.45) is 15.3 Å². The molecule has 0 saturated heterocycles. The first-order chi connectivity index (χ1) is 60.4. The standard InChI is InChI=1S/C102H102N6O9P4S4/c1-73-16-10-22-88(73)64-79-28-46-94(47-29-79)109-118(122,110-95-48-30-80(31-49-95)65-89-23-11-17-74(89)2)106(7)103-70-85-40-58-100(59-41-85)115-121(125,116-101-60-42-86(43-61-101)71-104-107(8)119(123,111-96-50-32-81(33-51-96)66-90-24-12-18-75(90)3)112-97-52-34-82(35-53-97)67-91-25-13-19-76(91)4)117-102-62-44-87(45-63-102)72-105-108(9)120(124,113-98-54-36-83(37-55-98)68-92-26-14-20-77(92)5)114-99-56-38-84(39-57-99)69-93-27-15-21-78(93)6/h10-21,28-63,70-72H,22-27,64-69H2,1-9H3/b103-70+,104-71+,105-72+. The van der Waals surface area contributed by atoms with Gasteiger partial charge in [0.05, 0.1) is 18.6 Å². The molecule has 125 heavy (non-hydrogen) atoms. The van der Waals surface area contributed by atoms with Gasteiger partial charge in [0.25, 0.3) is 0 Å². The second-order valence-corrected chi connectivity index (χ2v) is 44.4. The fraction of sp³-hybridized carbons (Fsp3) is 0.206. The number of rotatable bonds is 39. The minimum atomic E-state index is -3.82. The van der Waals surface area contributed by atoms with Crippen LogP contribution in [0.3, 0.4) is 0 Å². The maximum absolute atomic E-state index is 6.74. The van der Waals surface area contributed by atoms with Crippen LogP contribution in [0.2, 0.25) is 0 Å². The van der Waals surface area contributed by atoms with Gasteiger partial charge >= 0.3 is 26.6 Å². The minimum absolute atomic E-state index is 0.374. The molecule has 638 valence electrons. The monoisotopic (exact) mass is 1810 g/mol. The lowest BCUT2D eigenvalue weighted by Crippen LogP contribution is -2.17. The van der Waals surface area contributed by atoms with Crippen molar-refractivity contribution in [2.45, 2.75) is 119 Å². The van der Waals surface area contributed by atoms with E-state index in [1.807, 2.05) is 109 Å². The van der Waals surface area contributed by atoms with Crippen molar-refractivity contribution in [3.8, 4) is 51.7 Å². The molecule has 0 amide bonds. The van der Waals surface area contributed by atoms with Crippen molar-refractivity contribution in [2.75, 3.05) is 21.1 Å². The second kappa shape index (κ2) is 40.6. The Balaban J connectivity index is 0.674. The zero-order valence-electron chi connectivity index (χ0n) is 71.7. The molecule has 9 aromatic rings. The Bertz CT molecular complexity index is 5310. The smallest absolute Gasteiger partial charge is 0.420 e. The molecule has 0 aromatic heterocycles. The average molecular weight is 1810 g/mol. The van der Waals surface area contributed by atoms with E-state index >= 15 is 0 Å². The van der Waals surface area contributed by atoms with Gasteiger partial charge in [0.2, 0.25) is 0 Å². The molecule has 23 heteroatoms. The van der Waals surface area contributed by atoms with Crippen LogP contribution in [0, 0.1) is 0 Å². The first kappa shape index (κ1) is 88.9. The van der Waals surface area contributed by atoms with Gasteiger partial charge in [0.1, 0.15) is 51.7 Å². The van der Waals surface area contributed by atoms with Gasteiger partial charge in [0, 0.05) is 68.4 Å². The van der Waals surface area contributed by atoms with Gasteiger partial charge in [-0.3, -0.25) is 0 Å². The molecule has 0 unspecified atom stereocenters. The summed E-state index contributed by atoms with van der Waals surface area (Å²) in [5, 5.41) is 14.7. The molecule has 0 radical (unpaired) electrons. The van der Waals surface area contributed by atoms with Gasteiger partial charge in [-0.1, -0.05) is 213 Å². The zero-order valence-corrected chi connectivity index (χ0v) is 78.6. The van der Waals surface area contributed by atoms with Crippen LogP contribution < -0.4 is 40.7 Å². The quantitative estimate of drug-likeness (QED) is 0.0206. The molecule has 15 rings (SSSR count). The summed E-state index contributed by atoms with van der Waals surface area (Å²) in [6.07, 6.45) is 42.3. The van der Waals surface area contributed by atoms with E-state index < -0.39 is 26.6 Å². The van der Waals surface area contributed by atoms with E-state index in [2.05, 4.69) is 187 Å². The van der Waals surface area contributed by atoms with Crippen molar-refractivity contribution in [1.82, 2.24) is 14.3 Å². The molecule has 0 saturated carbocycles. The normalized spacial score (nSPS) is 15.2. The topological polar surface area (TPSA) is 130 Å². The van der Waals surface area contributed by atoms with E-state index in [1.165, 1.54) is 100 Å². The SMILES string of the molecule is CC1=C(Cc2ccc(OP(=S)(Oc3ccc(CC4=C(C)C=CC4)cc3)N(C)/N=C/c3ccc(OP(=S)(Oc4ccc(/C=N/N(C)P(=S)(Oc5ccc(CC6=C(C)C=CC6)cc5)Oc5ccc(CC6=C(C)C=CC6)cc5)cc4)Oc4ccc(/C=N/N(C)P(=S)(Oc5ccc(CC6=C(C)C=CC6)cc5)Oc5ccc(CC6=C(C)C=CC6)cc5)cc4)cc3)cc2)CC=C1. The van der Waals surface area contributed by atoms with E-state index in [-0.39, 0.29) is 0 Å². The van der Waals surface area contributed by atoms with Crippen LogP contribution in [-0.4, -0.2) is 54.1 Å². The first-order valence-electron chi connectivity index (χ1n) is 41.8. The maximum Gasteiger partial charge on any atom is 0.490 e. The molecule has 0 aliphatic heterocycles. The lowest BCUT2D eigenvalue weighted by molar-refractivity contribution is 0.383. The molecule has 15 nitrogen and oxygen atoms in total. The fourth-order valence-electron chi connectivity index (χ4n) is 14.8. The Hall–Kier alpha value is -10.9. The van der Waals surface area contributed by atoms with Gasteiger partial charge in [-0.2, -0.15) is 15.3 Å². The van der Waals surface area contributed by atoms with Crippen molar-refractivity contribution < 1.29 is 40.7 Å². The van der Waals surface area contributed by atoms with Gasteiger partial charge in [-0.15, -0.1) is 0 Å². The molecule has 0 spiro atoms. The predicted molar refractivity (Wildman–Crippen MR) is 528 cm³/mol.